The highest BCUT2D eigenvalue weighted by atomic mass is 16.3. The first-order chi connectivity index (χ1) is 9.97. The first kappa shape index (κ1) is 15.8. The molecule has 0 aliphatic carbocycles. The van der Waals surface area contributed by atoms with Crippen LogP contribution in [0.1, 0.15) is 42.6 Å². The lowest BCUT2D eigenvalue weighted by atomic mass is 10.1. The van der Waals surface area contributed by atoms with Crippen LogP contribution >= 0.6 is 0 Å². The van der Waals surface area contributed by atoms with Crippen LogP contribution in [0.2, 0.25) is 0 Å². The quantitative estimate of drug-likeness (QED) is 0.876. The van der Waals surface area contributed by atoms with Crippen LogP contribution in [0.5, 0.6) is 5.75 Å². The number of amides is 1. The molecule has 2 rings (SSSR count). The molecule has 1 unspecified atom stereocenters. The number of hydrogen-bond acceptors (Lipinski definition) is 3. The fourth-order valence-corrected chi connectivity index (χ4v) is 2.92. The Kier molecular flexibility index (Phi) is 5.23. The van der Waals surface area contributed by atoms with E-state index in [-0.39, 0.29) is 11.7 Å². The van der Waals surface area contributed by atoms with Gasteiger partial charge in [-0.15, -0.1) is 0 Å². The van der Waals surface area contributed by atoms with Gasteiger partial charge in [0.15, 0.2) is 0 Å². The number of benzene rings is 1. The van der Waals surface area contributed by atoms with Crippen molar-refractivity contribution in [3.63, 3.8) is 0 Å². The van der Waals surface area contributed by atoms with Gasteiger partial charge in [0.05, 0.1) is 0 Å². The molecule has 0 spiro atoms. The minimum atomic E-state index is 0.0647. The monoisotopic (exact) mass is 290 g/mol. The van der Waals surface area contributed by atoms with E-state index in [1.807, 2.05) is 11.8 Å². The summed E-state index contributed by atoms with van der Waals surface area (Å²) in [6, 6.07) is 5.36. The molecule has 116 valence electrons. The van der Waals surface area contributed by atoms with Crippen LogP contribution in [0.15, 0.2) is 18.2 Å². The van der Waals surface area contributed by atoms with Crippen molar-refractivity contribution in [2.24, 2.45) is 5.92 Å². The molecule has 21 heavy (non-hydrogen) atoms. The normalized spacial score (nSPS) is 18.2. The van der Waals surface area contributed by atoms with E-state index in [1.165, 1.54) is 6.42 Å². The molecule has 0 saturated carbocycles. The molecular formula is C17H26N2O2. The molecule has 1 aliphatic rings. The van der Waals surface area contributed by atoms with Gasteiger partial charge in [-0.25, -0.2) is 0 Å². The summed E-state index contributed by atoms with van der Waals surface area (Å²) < 4.78 is 0. The van der Waals surface area contributed by atoms with Crippen molar-refractivity contribution in [1.82, 2.24) is 10.2 Å². The number of rotatable bonds is 5. The van der Waals surface area contributed by atoms with E-state index < -0.39 is 0 Å². The minimum Gasteiger partial charge on any atom is -0.508 e. The first-order valence-corrected chi connectivity index (χ1v) is 7.79. The lowest BCUT2D eigenvalue weighted by Crippen LogP contribution is -2.43. The Morgan fingerprint density at radius 2 is 2.24 bits per heavy atom. The Bertz CT molecular complexity index is 494. The van der Waals surface area contributed by atoms with Crippen molar-refractivity contribution in [2.75, 3.05) is 19.6 Å². The molecule has 1 amide bonds. The van der Waals surface area contributed by atoms with Gasteiger partial charge in [0.1, 0.15) is 5.75 Å². The van der Waals surface area contributed by atoms with Crippen LogP contribution in [-0.4, -0.2) is 41.6 Å². The fourth-order valence-electron chi connectivity index (χ4n) is 2.92. The van der Waals surface area contributed by atoms with Gasteiger partial charge in [0.2, 0.25) is 0 Å². The number of nitrogens with one attached hydrogen (secondary N) is 1. The maximum absolute atomic E-state index is 12.8. The van der Waals surface area contributed by atoms with Crippen molar-refractivity contribution < 1.29 is 9.90 Å². The van der Waals surface area contributed by atoms with E-state index in [0.29, 0.717) is 17.5 Å². The lowest BCUT2D eigenvalue weighted by molar-refractivity contribution is 0.0720. The maximum atomic E-state index is 12.8. The predicted octanol–water partition coefficient (Wildman–Crippen LogP) is 2.55. The summed E-state index contributed by atoms with van der Waals surface area (Å²) in [5.74, 6) is 0.708. The SMILES string of the molecule is Cc1cc(O)ccc1C(=O)N(CC(C)C)CC1CCCN1. The highest BCUT2D eigenvalue weighted by Crippen LogP contribution is 2.19. The topological polar surface area (TPSA) is 52.6 Å². The predicted molar refractivity (Wildman–Crippen MR) is 84.6 cm³/mol. The summed E-state index contributed by atoms with van der Waals surface area (Å²) in [5, 5.41) is 13.0. The second-order valence-electron chi connectivity index (χ2n) is 6.40. The molecule has 2 N–H and O–H groups in total. The van der Waals surface area contributed by atoms with E-state index in [2.05, 4.69) is 19.2 Å². The number of aryl methyl sites for hydroxylation is 1. The third kappa shape index (κ3) is 4.21. The second kappa shape index (κ2) is 6.94. The maximum Gasteiger partial charge on any atom is 0.254 e. The van der Waals surface area contributed by atoms with Gasteiger partial charge < -0.3 is 15.3 Å². The Balaban J connectivity index is 2.15. The third-order valence-electron chi connectivity index (χ3n) is 3.92. The lowest BCUT2D eigenvalue weighted by Gasteiger charge is -2.28. The van der Waals surface area contributed by atoms with Gasteiger partial charge in [-0.3, -0.25) is 4.79 Å². The van der Waals surface area contributed by atoms with Crippen molar-refractivity contribution in [2.45, 2.75) is 39.7 Å². The van der Waals surface area contributed by atoms with E-state index >= 15 is 0 Å². The Hall–Kier alpha value is -1.55. The minimum absolute atomic E-state index is 0.0647. The summed E-state index contributed by atoms with van der Waals surface area (Å²) in [4.78, 5) is 14.8. The molecule has 0 radical (unpaired) electrons. The average Bonchev–Trinajstić information content (AvgIpc) is 2.89. The highest BCUT2D eigenvalue weighted by Gasteiger charge is 2.24. The van der Waals surface area contributed by atoms with Crippen LogP contribution in [0.3, 0.4) is 0 Å². The molecule has 0 bridgehead atoms. The number of aromatic hydroxyl groups is 1. The zero-order valence-corrected chi connectivity index (χ0v) is 13.2. The molecule has 4 heteroatoms. The van der Waals surface area contributed by atoms with Crippen molar-refractivity contribution in [1.29, 1.82) is 0 Å². The van der Waals surface area contributed by atoms with Gasteiger partial charge in [-0.2, -0.15) is 0 Å². The molecule has 1 aliphatic heterocycles. The van der Waals surface area contributed by atoms with E-state index in [4.69, 9.17) is 0 Å². The summed E-state index contributed by atoms with van der Waals surface area (Å²) in [6.07, 6.45) is 2.32. The van der Waals surface area contributed by atoms with Crippen LogP contribution in [0, 0.1) is 12.8 Å². The molecule has 1 heterocycles. The fraction of sp³-hybridized carbons (Fsp3) is 0.588. The van der Waals surface area contributed by atoms with E-state index in [9.17, 15) is 9.90 Å². The summed E-state index contributed by atoms with van der Waals surface area (Å²) in [7, 11) is 0. The van der Waals surface area contributed by atoms with Gasteiger partial charge >= 0.3 is 0 Å². The van der Waals surface area contributed by atoms with Gasteiger partial charge in [0.25, 0.3) is 5.91 Å². The zero-order valence-electron chi connectivity index (χ0n) is 13.2. The standard InChI is InChI=1S/C17H26N2O2/c1-12(2)10-19(11-14-5-4-8-18-14)17(21)16-7-6-15(20)9-13(16)3/h6-7,9,12,14,18,20H,4-5,8,10-11H2,1-3H3. The van der Waals surface area contributed by atoms with Crippen LogP contribution in [0.25, 0.3) is 0 Å². The summed E-state index contributed by atoms with van der Waals surface area (Å²) in [6.45, 7) is 8.70. The molecule has 1 fully saturated rings. The molecule has 0 aromatic heterocycles. The number of phenols is 1. The molecule has 1 saturated heterocycles. The Morgan fingerprint density at radius 1 is 1.48 bits per heavy atom. The molecule has 1 atom stereocenters. The number of carbonyl (C=O) groups is 1. The van der Waals surface area contributed by atoms with Gasteiger partial charge in [0, 0.05) is 24.7 Å². The van der Waals surface area contributed by atoms with Gasteiger partial charge in [-0.05, 0) is 56.0 Å². The second-order valence-corrected chi connectivity index (χ2v) is 6.40. The first-order valence-electron chi connectivity index (χ1n) is 7.79. The average molecular weight is 290 g/mol. The van der Waals surface area contributed by atoms with Crippen molar-refractivity contribution in [3.05, 3.63) is 29.3 Å². The highest BCUT2D eigenvalue weighted by molar-refractivity contribution is 5.95. The third-order valence-corrected chi connectivity index (χ3v) is 3.92. The Labute approximate surface area is 127 Å². The number of hydrogen-bond donors (Lipinski definition) is 2. The van der Waals surface area contributed by atoms with Crippen LogP contribution in [-0.2, 0) is 0 Å². The van der Waals surface area contributed by atoms with E-state index in [0.717, 1.165) is 31.6 Å². The van der Waals surface area contributed by atoms with Crippen LogP contribution in [0.4, 0.5) is 0 Å². The zero-order chi connectivity index (χ0) is 15.4. The Morgan fingerprint density at radius 3 is 2.81 bits per heavy atom. The van der Waals surface area contributed by atoms with Crippen LogP contribution < -0.4 is 5.32 Å². The van der Waals surface area contributed by atoms with Gasteiger partial charge in [-0.1, -0.05) is 13.8 Å². The summed E-state index contributed by atoms with van der Waals surface area (Å²) >= 11 is 0. The number of nitrogens with zero attached hydrogens (tertiary/aromatic N) is 1. The smallest absolute Gasteiger partial charge is 0.254 e. The van der Waals surface area contributed by atoms with E-state index in [1.54, 1.807) is 18.2 Å². The molecule has 1 aromatic rings. The molecule has 4 nitrogen and oxygen atoms in total. The van der Waals surface area contributed by atoms with Crippen molar-refractivity contribution in [3.8, 4) is 5.75 Å². The summed E-state index contributed by atoms with van der Waals surface area (Å²) in [5.41, 5.74) is 1.51. The van der Waals surface area contributed by atoms with Crippen molar-refractivity contribution >= 4 is 5.91 Å². The number of phenolic OH excluding ortho intramolecular Hbond substituents is 1. The molecule has 1 aromatic carbocycles. The molecular weight excluding hydrogens is 264 g/mol. The largest absolute Gasteiger partial charge is 0.508 e. The number of carbonyl (C=O) groups excluding carboxylic acids is 1.